The van der Waals surface area contributed by atoms with E-state index in [4.69, 9.17) is 14.2 Å². The molecule has 1 heterocycles. The Morgan fingerprint density at radius 2 is 1.85 bits per heavy atom. The first-order valence-corrected chi connectivity index (χ1v) is 8.31. The second kappa shape index (κ2) is 7.47. The lowest BCUT2D eigenvalue weighted by atomic mass is 10.1. The Bertz CT molecular complexity index is 846. The molecule has 0 saturated carbocycles. The molecule has 26 heavy (non-hydrogen) atoms. The van der Waals surface area contributed by atoms with Crippen LogP contribution >= 0.6 is 0 Å². The maximum Gasteiger partial charge on any atom is 0.338 e. The number of ether oxygens (including phenoxy) is 3. The largest absolute Gasteiger partial charge is 0.454 e. The molecule has 0 fully saturated rings. The van der Waals surface area contributed by atoms with Crippen molar-refractivity contribution < 1.29 is 23.8 Å². The first-order valence-electron chi connectivity index (χ1n) is 8.31. The molecule has 0 unspecified atom stereocenters. The zero-order chi connectivity index (χ0) is 18.7. The van der Waals surface area contributed by atoms with Crippen molar-refractivity contribution in [3.05, 3.63) is 58.7 Å². The summed E-state index contributed by atoms with van der Waals surface area (Å²) in [6.07, 6.45) is 0. The molecule has 0 N–H and O–H groups in total. The van der Waals surface area contributed by atoms with Crippen LogP contribution in [0.3, 0.4) is 0 Å². The summed E-state index contributed by atoms with van der Waals surface area (Å²) >= 11 is 0. The summed E-state index contributed by atoms with van der Waals surface area (Å²) < 4.78 is 15.6. The third kappa shape index (κ3) is 3.96. The highest BCUT2D eigenvalue weighted by Crippen LogP contribution is 2.32. The number of hydrogen-bond acceptors (Lipinski definition) is 5. The van der Waals surface area contributed by atoms with E-state index in [1.807, 2.05) is 26.0 Å². The Balaban J connectivity index is 1.55. The molecule has 0 spiro atoms. The van der Waals surface area contributed by atoms with Crippen molar-refractivity contribution in [1.29, 1.82) is 0 Å². The number of amides is 1. The van der Waals surface area contributed by atoms with Gasteiger partial charge in [-0.3, -0.25) is 4.79 Å². The van der Waals surface area contributed by atoms with E-state index in [1.54, 1.807) is 30.1 Å². The molecule has 0 bridgehead atoms. The van der Waals surface area contributed by atoms with Gasteiger partial charge in [-0.1, -0.05) is 23.8 Å². The molecule has 0 atom stereocenters. The van der Waals surface area contributed by atoms with E-state index in [9.17, 15) is 9.59 Å². The molecule has 0 aliphatic carbocycles. The zero-order valence-electron chi connectivity index (χ0n) is 15.1. The first-order chi connectivity index (χ1) is 12.4. The van der Waals surface area contributed by atoms with Crippen LogP contribution in [-0.4, -0.2) is 37.2 Å². The average molecular weight is 355 g/mol. The van der Waals surface area contributed by atoms with E-state index >= 15 is 0 Å². The Hall–Kier alpha value is -3.02. The minimum atomic E-state index is -0.573. The Morgan fingerprint density at radius 3 is 2.62 bits per heavy atom. The van der Waals surface area contributed by atoms with Crippen LogP contribution in [0.25, 0.3) is 0 Å². The fourth-order valence-electron chi connectivity index (χ4n) is 2.71. The van der Waals surface area contributed by atoms with Gasteiger partial charge >= 0.3 is 5.97 Å². The van der Waals surface area contributed by atoms with E-state index < -0.39 is 5.97 Å². The van der Waals surface area contributed by atoms with Crippen molar-refractivity contribution in [2.24, 2.45) is 0 Å². The molecule has 1 aliphatic rings. The molecule has 0 radical (unpaired) electrons. The monoisotopic (exact) mass is 355 g/mol. The summed E-state index contributed by atoms with van der Waals surface area (Å²) in [6.45, 7) is 4.33. The third-order valence-corrected chi connectivity index (χ3v) is 4.27. The normalized spacial score (nSPS) is 12.0. The lowest BCUT2D eigenvalue weighted by Gasteiger charge is -2.18. The topological polar surface area (TPSA) is 65.1 Å². The van der Waals surface area contributed by atoms with Crippen molar-refractivity contribution in [2.75, 3.05) is 20.4 Å². The maximum absolute atomic E-state index is 12.3. The van der Waals surface area contributed by atoms with Gasteiger partial charge in [0.1, 0.15) is 0 Å². The van der Waals surface area contributed by atoms with Gasteiger partial charge in [-0.2, -0.15) is 0 Å². The van der Waals surface area contributed by atoms with Crippen LogP contribution < -0.4 is 9.47 Å². The van der Waals surface area contributed by atoms with Crippen molar-refractivity contribution in [3.63, 3.8) is 0 Å². The van der Waals surface area contributed by atoms with Gasteiger partial charge in [-0.25, -0.2) is 4.79 Å². The van der Waals surface area contributed by atoms with Gasteiger partial charge < -0.3 is 19.1 Å². The van der Waals surface area contributed by atoms with E-state index in [0.717, 1.165) is 11.1 Å². The van der Waals surface area contributed by atoms with Crippen LogP contribution in [0.1, 0.15) is 27.0 Å². The van der Waals surface area contributed by atoms with Crippen LogP contribution in [0, 0.1) is 13.8 Å². The van der Waals surface area contributed by atoms with Crippen LogP contribution in [0.2, 0.25) is 0 Å². The van der Waals surface area contributed by atoms with E-state index in [1.165, 1.54) is 5.56 Å². The fourth-order valence-corrected chi connectivity index (χ4v) is 2.71. The van der Waals surface area contributed by atoms with Crippen molar-refractivity contribution in [3.8, 4) is 11.5 Å². The van der Waals surface area contributed by atoms with Gasteiger partial charge in [-0.05, 0) is 43.2 Å². The van der Waals surface area contributed by atoms with Gasteiger partial charge in [0.05, 0.1) is 5.56 Å². The van der Waals surface area contributed by atoms with Gasteiger partial charge in [0.25, 0.3) is 5.91 Å². The molecule has 6 nitrogen and oxygen atoms in total. The summed E-state index contributed by atoms with van der Waals surface area (Å²) in [7, 11) is 1.69. The number of carbonyl (C=O) groups excluding carboxylic acids is 2. The standard InChI is InChI=1S/C20H21NO5/c1-13-4-5-16(14(2)8-13)10-21(3)19(22)11-24-20(23)15-6-7-17-18(9-15)26-12-25-17/h4-9H,10-12H2,1-3H3. The molecule has 136 valence electrons. The smallest absolute Gasteiger partial charge is 0.338 e. The number of benzene rings is 2. The Morgan fingerprint density at radius 1 is 1.08 bits per heavy atom. The number of rotatable bonds is 5. The second-order valence-corrected chi connectivity index (χ2v) is 6.32. The van der Waals surface area contributed by atoms with Crippen molar-refractivity contribution >= 4 is 11.9 Å². The SMILES string of the molecule is Cc1ccc(CN(C)C(=O)COC(=O)c2ccc3c(c2)OCO3)c(C)c1. The lowest BCUT2D eigenvalue weighted by Crippen LogP contribution is -2.31. The van der Waals surface area contributed by atoms with Crippen molar-refractivity contribution in [2.45, 2.75) is 20.4 Å². The van der Waals surface area contributed by atoms with Crippen molar-refractivity contribution in [1.82, 2.24) is 4.90 Å². The fraction of sp³-hybridized carbons (Fsp3) is 0.300. The number of esters is 1. The van der Waals surface area contributed by atoms with Gasteiger partial charge in [0.15, 0.2) is 18.1 Å². The Kier molecular flexibility index (Phi) is 5.11. The predicted octanol–water partition coefficient (Wildman–Crippen LogP) is 2.85. The number of likely N-dealkylation sites (N-methyl/N-ethyl adjacent to an activating group) is 1. The van der Waals surface area contributed by atoms with Crippen LogP contribution in [0.15, 0.2) is 36.4 Å². The second-order valence-electron chi connectivity index (χ2n) is 6.32. The van der Waals surface area contributed by atoms with E-state index in [0.29, 0.717) is 23.6 Å². The molecule has 1 amide bonds. The highest BCUT2D eigenvalue weighted by Gasteiger charge is 2.18. The summed E-state index contributed by atoms with van der Waals surface area (Å²) in [5.41, 5.74) is 3.69. The van der Waals surface area contributed by atoms with Gasteiger partial charge in [0.2, 0.25) is 6.79 Å². The summed E-state index contributed by atoms with van der Waals surface area (Å²) in [6, 6.07) is 10.9. The zero-order valence-corrected chi connectivity index (χ0v) is 15.1. The first kappa shape index (κ1) is 17.8. The summed E-state index contributed by atoms with van der Waals surface area (Å²) in [5.74, 6) is 0.249. The molecule has 2 aromatic carbocycles. The Labute approximate surface area is 152 Å². The number of hydrogen-bond donors (Lipinski definition) is 0. The number of nitrogens with zero attached hydrogens (tertiary/aromatic N) is 1. The summed E-state index contributed by atoms with van der Waals surface area (Å²) in [4.78, 5) is 25.9. The summed E-state index contributed by atoms with van der Waals surface area (Å²) in [5, 5.41) is 0. The third-order valence-electron chi connectivity index (χ3n) is 4.27. The quantitative estimate of drug-likeness (QED) is 0.772. The average Bonchev–Trinajstić information content (AvgIpc) is 3.09. The number of fused-ring (bicyclic) bond motifs is 1. The van der Waals surface area contributed by atoms with Crippen LogP contribution in [0.5, 0.6) is 11.5 Å². The van der Waals surface area contributed by atoms with Crippen LogP contribution in [-0.2, 0) is 16.1 Å². The highest BCUT2D eigenvalue weighted by atomic mass is 16.7. The molecule has 6 heteroatoms. The molecular weight excluding hydrogens is 334 g/mol. The minimum Gasteiger partial charge on any atom is -0.454 e. The molecule has 2 aromatic rings. The number of carbonyl (C=O) groups is 2. The van der Waals surface area contributed by atoms with Crippen LogP contribution in [0.4, 0.5) is 0 Å². The van der Waals surface area contributed by atoms with Gasteiger partial charge in [-0.15, -0.1) is 0 Å². The lowest BCUT2D eigenvalue weighted by molar-refractivity contribution is -0.133. The minimum absolute atomic E-state index is 0.134. The maximum atomic E-state index is 12.3. The molecule has 0 saturated heterocycles. The highest BCUT2D eigenvalue weighted by molar-refractivity contribution is 5.92. The number of aryl methyl sites for hydroxylation is 2. The molecule has 1 aliphatic heterocycles. The van der Waals surface area contributed by atoms with E-state index in [-0.39, 0.29) is 19.3 Å². The predicted molar refractivity (Wildman–Crippen MR) is 95.2 cm³/mol. The molecule has 0 aromatic heterocycles. The molecular formula is C20H21NO5. The van der Waals surface area contributed by atoms with Gasteiger partial charge in [0, 0.05) is 13.6 Å². The van der Waals surface area contributed by atoms with E-state index in [2.05, 4.69) is 6.07 Å². The molecule has 3 rings (SSSR count).